The first-order valence-electron chi connectivity index (χ1n) is 11.2. The molecule has 4 rings (SSSR count). The van der Waals surface area contributed by atoms with Gasteiger partial charge in [0.1, 0.15) is 5.65 Å². The van der Waals surface area contributed by atoms with Crippen molar-refractivity contribution in [2.24, 2.45) is 5.73 Å². The molecule has 2 aromatic heterocycles. The quantitative estimate of drug-likeness (QED) is 0.159. The number of aromatic nitrogens is 3. The first-order chi connectivity index (χ1) is 16.3. The first-order valence-corrected chi connectivity index (χ1v) is 13.0. The van der Waals surface area contributed by atoms with Crippen molar-refractivity contribution in [2.75, 3.05) is 37.7 Å². The zero-order chi connectivity index (χ0) is 24.1. The number of rotatable bonds is 9. The minimum atomic E-state index is -2.92. The van der Waals surface area contributed by atoms with Crippen LogP contribution in [-0.4, -0.2) is 71.5 Å². The molecule has 0 amide bonds. The van der Waals surface area contributed by atoms with Gasteiger partial charge >= 0.3 is 5.69 Å². The van der Waals surface area contributed by atoms with Crippen LogP contribution in [0.5, 0.6) is 0 Å². The maximum absolute atomic E-state index is 12.6. The number of nitrogens with zero attached hydrogens (tertiary/aromatic N) is 3. The van der Waals surface area contributed by atoms with Crippen LogP contribution in [0.25, 0.3) is 16.7 Å². The van der Waals surface area contributed by atoms with Crippen molar-refractivity contribution < 1.29 is 8.42 Å². The molecular weight excluding hydrogens is 456 g/mol. The zero-order valence-corrected chi connectivity index (χ0v) is 19.7. The average Bonchev–Trinajstić information content (AvgIpc) is 3.18. The molecule has 1 aliphatic rings. The van der Waals surface area contributed by atoms with Crippen LogP contribution in [0.2, 0.25) is 0 Å². The lowest BCUT2D eigenvalue weighted by atomic mass is 10.2. The fourth-order valence-corrected chi connectivity index (χ4v) is 5.19. The van der Waals surface area contributed by atoms with Gasteiger partial charge in [-0.3, -0.25) is 14.9 Å². The summed E-state index contributed by atoms with van der Waals surface area (Å²) in [5.74, 6) is 0.339. The number of sulfone groups is 1. The van der Waals surface area contributed by atoms with Crippen molar-refractivity contribution in [1.82, 2.24) is 30.1 Å². The Balaban J connectivity index is 1.38. The van der Waals surface area contributed by atoms with Crippen LogP contribution < -0.4 is 22.1 Å². The van der Waals surface area contributed by atoms with Crippen LogP contribution in [0, 0.1) is 5.41 Å². The summed E-state index contributed by atoms with van der Waals surface area (Å²) in [5, 5.41) is 14.1. The highest BCUT2D eigenvalue weighted by Gasteiger charge is 2.22. The summed E-state index contributed by atoms with van der Waals surface area (Å²) in [6.07, 6.45) is 2.63. The van der Waals surface area contributed by atoms with E-state index < -0.39 is 9.84 Å². The van der Waals surface area contributed by atoms with E-state index in [1.54, 1.807) is 6.20 Å². The van der Waals surface area contributed by atoms with Gasteiger partial charge in [0.2, 0.25) is 0 Å². The van der Waals surface area contributed by atoms with E-state index in [-0.39, 0.29) is 23.2 Å². The molecule has 6 N–H and O–H groups in total. The van der Waals surface area contributed by atoms with E-state index in [9.17, 15) is 13.2 Å². The molecule has 0 unspecified atom stereocenters. The second-order valence-corrected chi connectivity index (χ2v) is 10.8. The third kappa shape index (κ3) is 6.22. The zero-order valence-electron chi connectivity index (χ0n) is 18.9. The molecule has 3 aromatic rings. The lowest BCUT2D eigenvalue weighted by molar-refractivity contribution is 0.285. The van der Waals surface area contributed by atoms with E-state index in [4.69, 9.17) is 11.1 Å². The van der Waals surface area contributed by atoms with E-state index in [1.165, 1.54) is 4.57 Å². The molecule has 0 saturated carbocycles. The van der Waals surface area contributed by atoms with Gasteiger partial charge in [-0.2, -0.15) is 4.98 Å². The van der Waals surface area contributed by atoms with Gasteiger partial charge in [0, 0.05) is 50.0 Å². The van der Waals surface area contributed by atoms with Crippen LogP contribution in [0.1, 0.15) is 17.7 Å². The maximum atomic E-state index is 12.6. The summed E-state index contributed by atoms with van der Waals surface area (Å²) in [6.45, 7) is 3.76. The minimum absolute atomic E-state index is 0.0194. The van der Waals surface area contributed by atoms with E-state index in [2.05, 4.69) is 25.5 Å². The minimum Gasteiger partial charge on any atom is -0.370 e. The van der Waals surface area contributed by atoms with Crippen molar-refractivity contribution in [3.63, 3.8) is 0 Å². The fourth-order valence-electron chi connectivity index (χ4n) is 3.91. The maximum Gasteiger partial charge on any atom is 0.354 e. The molecule has 1 fully saturated rings. The van der Waals surface area contributed by atoms with Gasteiger partial charge in [-0.05, 0) is 36.7 Å². The van der Waals surface area contributed by atoms with E-state index >= 15 is 0 Å². The number of hydrogen-bond acceptors (Lipinski definition) is 7. The Labute approximate surface area is 197 Å². The van der Waals surface area contributed by atoms with Gasteiger partial charge in [-0.1, -0.05) is 12.1 Å². The summed E-state index contributed by atoms with van der Waals surface area (Å²) in [5.41, 5.74) is 8.14. The Morgan fingerprint density at radius 2 is 1.91 bits per heavy atom. The second-order valence-electron chi connectivity index (χ2n) is 8.46. The molecule has 1 aliphatic heterocycles. The second kappa shape index (κ2) is 10.4. The molecule has 0 bridgehead atoms. The van der Waals surface area contributed by atoms with Crippen molar-refractivity contribution in [3.8, 4) is 5.69 Å². The van der Waals surface area contributed by atoms with Gasteiger partial charge < -0.3 is 21.4 Å². The third-order valence-electron chi connectivity index (χ3n) is 5.78. The number of benzene rings is 1. The van der Waals surface area contributed by atoms with E-state index in [0.29, 0.717) is 38.4 Å². The number of fused-ring (bicyclic) bond motifs is 1. The van der Waals surface area contributed by atoms with E-state index in [1.807, 2.05) is 30.3 Å². The standard InChI is InChI=1S/C22H30N8O3S/c23-21(24)26-7-1-6-25-13-16-2-4-19(5-3-16)30-14-17-12-18(27-20(17)28-22(30)31)15-29-8-10-34(32,33)11-9-29/h2-5,12,14,25H,1,6-11,13,15H2,(H4,23,24,26)(H,27,28,31). The van der Waals surface area contributed by atoms with Crippen molar-refractivity contribution in [2.45, 2.75) is 19.5 Å². The Morgan fingerprint density at radius 3 is 2.62 bits per heavy atom. The van der Waals surface area contributed by atoms with Gasteiger partial charge in [0.25, 0.3) is 0 Å². The molecule has 1 saturated heterocycles. The van der Waals surface area contributed by atoms with Crippen molar-refractivity contribution >= 4 is 26.8 Å². The molecule has 0 atom stereocenters. The lowest BCUT2D eigenvalue weighted by Gasteiger charge is -2.25. The summed E-state index contributed by atoms with van der Waals surface area (Å²) in [4.78, 5) is 22.1. The van der Waals surface area contributed by atoms with Gasteiger partial charge in [-0.15, -0.1) is 0 Å². The normalized spacial score (nSPS) is 16.0. The molecule has 0 aliphatic carbocycles. The van der Waals surface area contributed by atoms with Gasteiger partial charge in [0.15, 0.2) is 15.8 Å². The predicted molar refractivity (Wildman–Crippen MR) is 132 cm³/mol. The van der Waals surface area contributed by atoms with E-state index in [0.717, 1.165) is 35.3 Å². The molecular formula is C22H30N8O3S. The topological polar surface area (TPSA) is 162 Å². The highest BCUT2D eigenvalue weighted by molar-refractivity contribution is 7.91. The Kier molecular flexibility index (Phi) is 7.29. The monoisotopic (exact) mass is 486 g/mol. The molecule has 0 radical (unpaired) electrons. The molecule has 0 spiro atoms. The number of guanidine groups is 1. The number of hydrogen-bond donors (Lipinski definition) is 5. The van der Waals surface area contributed by atoms with Crippen LogP contribution in [0.4, 0.5) is 0 Å². The van der Waals surface area contributed by atoms with Crippen molar-refractivity contribution in [3.05, 3.63) is 58.3 Å². The molecule has 3 heterocycles. The van der Waals surface area contributed by atoms with Gasteiger partial charge in [0.05, 0.1) is 17.2 Å². The Morgan fingerprint density at radius 1 is 1.18 bits per heavy atom. The molecule has 11 nitrogen and oxygen atoms in total. The number of H-pyrrole nitrogens is 1. The van der Waals surface area contributed by atoms with Crippen molar-refractivity contribution in [1.29, 1.82) is 5.41 Å². The largest absolute Gasteiger partial charge is 0.370 e. The number of aromatic amines is 1. The van der Waals surface area contributed by atoms with Gasteiger partial charge in [-0.25, -0.2) is 13.2 Å². The average molecular weight is 487 g/mol. The predicted octanol–water partition coefficient (Wildman–Crippen LogP) is -0.0930. The lowest BCUT2D eigenvalue weighted by Crippen LogP contribution is -2.39. The summed E-state index contributed by atoms with van der Waals surface area (Å²) >= 11 is 0. The number of nitrogens with one attached hydrogen (secondary N) is 4. The highest BCUT2D eigenvalue weighted by Crippen LogP contribution is 2.16. The SMILES string of the molecule is N=C(N)NCCCNCc1ccc(-n2cc3cc(CN4CCS(=O)(=O)CC4)[nH]c3nc2=O)cc1. The highest BCUT2D eigenvalue weighted by atomic mass is 32.2. The summed E-state index contributed by atoms with van der Waals surface area (Å²) in [7, 11) is -2.92. The molecule has 12 heteroatoms. The molecule has 182 valence electrons. The summed E-state index contributed by atoms with van der Waals surface area (Å²) < 4.78 is 24.8. The van der Waals surface area contributed by atoms with Crippen LogP contribution in [0.3, 0.4) is 0 Å². The molecule has 34 heavy (non-hydrogen) atoms. The van der Waals surface area contributed by atoms with Crippen LogP contribution in [-0.2, 0) is 22.9 Å². The number of nitrogens with two attached hydrogens (primary N) is 1. The smallest absolute Gasteiger partial charge is 0.354 e. The summed E-state index contributed by atoms with van der Waals surface area (Å²) in [6, 6.07) is 9.69. The molecule has 1 aromatic carbocycles. The third-order valence-corrected chi connectivity index (χ3v) is 7.39. The Bertz CT molecular complexity index is 1300. The van der Waals surface area contributed by atoms with Crippen LogP contribution in [0.15, 0.2) is 41.3 Å². The Hall–Kier alpha value is -3.22. The fraction of sp³-hybridized carbons (Fsp3) is 0.409. The first kappa shape index (κ1) is 23.9. The van der Waals surface area contributed by atoms with Crippen LogP contribution >= 0.6 is 0 Å².